The van der Waals surface area contributed by atoms with Crippen molar-refractivity contribution in [2.45, 2.75) is 6.42 Å². The molecule has 142 valence electrons. The van der Waals surface area contributed by atoms with Gasteiger partial charge in [-0.2, -0.15) is 0 Å². The number of para-hydroxylation sites is 1. The molecule has 1 heterocycles. The third kappa shape index (κ3) is 5.57. The molecule has 0 fully saturated rings. The van der Waals surface area contributed by atoms with Gasteiger partial charge in [-0.1, -0.05) is 30.9 Å². The van der Waals surface area contributed by atoms with Crippen molar-refractivity contribution in [3.8, 4) is 11.5 Å². The smallest absolute Gasteiger partial charge is 0.308 e. The number of ether oxygens (including phenoxy) is 2. The van der Waals surface area contributed by atoms with Gasteiger partial charge in [0.1, 0.15) is 12.4 Å². The van der Waals surface area contributed by atoms with Gasteiger partial charge >= 0.3 is 5.97 Å². The number of amides is 1. The van der Waals surface area contributed by atoms with E-state index < -0.39 is 17.8 Å². The Hall–Kier alpha value is -3.35. The number of nitrogens with zero attached hydrogens (tertiary/aromatic N) is 1. The van der Waals surface area contributed by atoms with Crippen molar-refractivity contribution in [1.29, 1.82) is 0 Å². The van der Waals surface area contributed by atoms with Crippen LogP contribution < -0.4 is 14.8 Å². The molecule has 0 aliphatic heterocycles. The highest BCUT2D eigenvalue weighted by Crippen LogP contribution is 2.21. The average molecular weight is 370 g/mol. The van der Waals surface area contributed by atoms with Crippen molar-refractivity contribution < 1.29 is 24.2 Å². The van der Waals surface area contributed by atoms with Gasteiger partial charge in [-0.3, -0.25) is 9.59 Å². The largest absolute Gasteiger partial charge is 0.496 e. The van der Waals surface area contributed by atoms with E-state index in [4.69, 9.17) is 9.47 Å². The van der Waals surface area contributed by atoms with Gasteiger partial charge in [0.15, 0.2) is 11.4 Å². The summed E-state index contributed by atoms with van der Waals surface area (Å²) in [4.78, 5) is 28.1. The maximum Gasteiger partial charge on any atom is 0.308 e. The van der Waals surface area contributed by atoms with Crippen molar-refractivity contribution in [1.82, 2.24) is 10.3 Å². The molecule has 2 aromatic rings. The van der Waals surface area contributed by atoms with Crippen LogP contribution in [0.5, 0.6) is 11.5 Å². The summed E-state index contributed by atoms with van der Waals surface area (Å²) in [5, 5.41) is 12.1. The van der Waals surface area contributed by atoms with E-state index in [9.17, 15) is 14.7 Å². The molecule has 1 atom stereocenters. The average Bonchev–Trinajstić information content (AvgIpc) is 2.69. The Labute approximate surface area is 157 Å². The summed E-state index contributed by atoms with van der Waals surface area (Å²) in [6.45, 7) is 3.74. The Morgan fingerprint density at radius 3 is 2.70 bits per heavy atom. The number of pyridine rings is 1. The Bertz CT molecular complexity index is 806. The minimum atomic E-state index is -1.01. The van der Waals surface area contributed by atoms with Gasteiger partial charge in [0.25, 0.3) is 5.91 Å². The number of benzene rings is 1. The fourth-order valence-corrected chi connectivity index (χ4v) is 2.51. The lowest BCUT2D eigenvalue weighted by molar-refractivity contribution is -0.141. The molecule has 1 amide bonds. The standard InChI is InChI=1S/C20H22N2O5/c1-3-11-27-17-9-6-10-21-18(17)19(23)22-13-15(20(24)25)12-14-7-4-5-8-16(14)26-2/h3-10,15H,1,11-13H2,2H3,(H,22,23)(H,24,25). The normalized spacial score (nSPS) is 11.3. The van der Waals surface area contributed by atoms with Crippen LogP contribution in [-0.4, -0.2) is 42.2 Å². The van der Waals surface area contributed by atoms with Gasteiger partial charge in [-0.25, -0.2) is 4.98 Å². The summed E-state index contributed by atoms with van der Waals surface area (Å²) in [5.41, 5.74) is 0.857. The molecular formula is C20H22N2O5. The monoisotopic (exact) mass is 370 g/mol. The number of nitrogens with one attached hydrogen (secondary N) is 1. The lowest BCUT2D eigenvalue weighted by atomic mass is 9.98. The second kappa shape index (κ2) is 9.96. The maximum absolute atomic E-state index is 12.4. The van der Waals surface area contributed by atoms with Gasteiger partial charge in [0, 0.05) is 12.7 Å². The lowest BCUT2D eigenvalue weighted by Gasteiger charge is -2.16. The number of hydrogen-bond acceptors (Lipinski definition) is 5. The first-order valence-electron chi connectivity index (χ1n) is 8.38. The third-order valence-corrected chi connectivity index (χ3v) is 3.86. The number of hydrogen-bond donors (Lipinski definition) is 2. The van der Waals surface area contributed by atoms with Crippen LogP contribution in [0.15, 0.2) is 55.3 Å². The highest BCUT2D eigenvalue weighted by atomic mass is 16.5. The van der Waals surface area contributed by atoms with E-state index in [2.05, 4.69) is 16.9 Å². The topological polar surface area (TPSA) is 97.8 Å². The SMILES string of the molecule is C=CCOc1cccnc1C(=O)NCC(Cc1ccccc1OC)C(=O)O. The summed E-state index contributed by atoms with van der Waals surface area (Å²) >= 11 is 0. The van der Waals surface area contributed by atoms with Gasteiger partial charge in [0.2, 0.25) is 0 Å². The molecule has 2 N–H and O–H groups in total. The van der Waals surface area contributed by atoms with Gasteiger partial charge < -0.3 is 19.9 Å². The second-order valence-corrected chi connectivity index (χ2v) is 5.71. The van der Waals surface area contributed by atoms with Crippen LogP contribution in [0.4, 0.5) is 0 Å². The molecule has 0 bridgehead atoms. The molecule has 1 unspecified atom stereocenters. The van der Waals surface area contributed by atoms with Gasteiger partial charge in [0.05, 0.1) is 13.0 Å². The van der Waals surface area contributed by atoms with E-state index in [1.807, 2.05) is 12.1 Å². The van der Waals surface area contributed by atoms with Crippen LogP contribution in [0, 0.1) is 5.92 Å². The maximum atomic E-state index is 12.4. The summed E-state index contributed by atoms with van der Waals surface area (Å²) in [7, 11) is 1.53. The zero-order chi connectivity index (χ0) is 19.6. The number of methoxy groups -OCH3 is 1. The fourth-order valence-electron chi connectivity index (χ4n) is 2.51. The van der Waals surface area contributed by atoms with Crippen molar-refractivity contribution in [2.24, 2.45) is 5.92 Å². The molecule has 0 spiro atoms. The van der Waals surface area contributed by atoms with Crippen molar-refractivity contribution in [2.75, 3.05) is 20.3 Å². The number of aromatic nitrogens is 1. The molecule has 7 nitrogen and oxygen atoms in total. The molecule has 1 aromatic heterocycles. The Kier molecular flexibility index (Phi) is 7.37. The van der Waals surface area contributed by atoms with Gasteiger partial charge in [-0.15, -0.1) is 0 Å². The predicted molar refractivity (Wildman–Crippen MR) is 100 cm³/mol. The predicted octanol–water partition coefficient (Wildman–Crippen LogP) is 2.33. The highest BCUT2D eigenvalue weighted by Gasteiger charge is 2.22. The minimum Gasteiger partial charge on any atom is -0.496 e. The van der Waals surface area contributed by atoms with E-state index >= 15 is 0 Å². The number of carboxylic acids is 1. The van der Waals surface area contributed by atoms with E-state index in [0.29, 0.717) is 11.5 Å². The highest BCUT2D eigenvalue weighted by molar-refractivity contribution is 5.95. The third-order valence-electron chi connectivity index (χ3n) is 3.86. The van der Waals surface area contributed by atoms with Crippen LogP contribution in [-0.2, 0) is 11.2 Å². The number of carbonyl (C=O) groups excluding carboxylic acids is 1. The number of carbonyl (C=O) groups is 2. The molecule has 2 rings (SSSR count). The van der Waals surface area contributed by atoms with E-state index in [-0.39, 0.29) is 25.3 Å². The quantitative estimate of drug-likeness (QED) is 0.623. The van der Waals surface area contributed by atoms with Crippen LogP contribution in [0.25, 0.3) is 0 Å². The van der Waals surface area contributed by atoms with Crippen LogP contribution in [0.2, 0.25) is 0 Å². The van der Waals surface area contributed by atoms with E-state index in [0.717, 1.165) is 5.56 Å². The summed E-state index contributed by atoms with van der Waals surface area (Å²) in [6, 6.07) is 10.5. The van der Waals surface area contributed by atoms with Crippen LogP contribution in [0.3, 0.4) is 0 Å². The minimum absolute atomic E-state index is 0.0519. The number of carboxylic acid groups (broad SMARTS) is 1. The molecule has 0 saturated carbocycles. The zero-order valence-electron chi connectivity index (χ0n) is 15.1. The first-order chi connectivity index (χ1) is 13.1. The zero-order valence-corrected chi connectivity index (χ0v) is 15.1. The molecule has 0 radical (unpaired) electrons. The Balaban J connectivity index is 2.07. The summed E-state index contributed by atoms with van der Waals surface area (Å²) in [5.74, 6) is -1.40. The van der Waals surface area contributed by atoms with Crippen LogP contribution >= 0.6 is 0 Å². The van der Waals surface area contributed by atoms with Crippen molar-refractivity contribution >= 4 is 11.9 Å². The van der Waals surface area contributed by atoms with Crippen molar-refractivity contribution in [3.63, 3.8) is 0 Å². The first-order valence-corrected chi connectivity index (χ1v) is 8.38. The lowest BCUT2D eigenvalue weighted by Crippen LogP contribution is -2.34. The second-order valence-electron chi connectivity index (χ2n) is 5.71. The Morgan fingerprint density at radius 1 is 1.26 bits per heavy atom. The molecule has 1 aromatic carbocycles. The molecular weight excluding hydrogens is 348 g/mol. The molecule has 0 saturated heterocycles. The molecule has 7 heteroatoms. The number of rotatable bonds is 10. The van der Waals surface area contributed by atoms with Gasteiger partial charge in [-0.05, 0) is 30.2 Å². The molecule has 0 aliphatic carbocycles. The summed E-state index contributed by atoms with van der Waals surface area (Å²) < 4.78 is 10.7. The molecule has 0 aliphatic rings. The number of aliphatic carboxylic acids is 1. The van der Waals surface area contributed by atoms with Crippen LogP contribution in [0.1, 0.15) is 16.1 Å². The molecule has 27 heavy (non-hydrogen) atoms. The van der Waals surface area contributed by atoms with E-state index in [1.54, 1.807) is 30.3 Å². The van der Waals surface area contributed by atoms with E-state index in [1.165, 1.54) is 13.3 Å². The fraction of sp³-hybridized carbons (Fsp3) is 0.250. The Morgan fingerprint density at radius 2 is 2.00 bits per heavy atom. The van der Waals surface area contributed by atoms with Crippen molar-refractivity contribution in [3.05, 3.63) is 66.5 Å². The summed E-state index contributed by atoms with van der Waals surface area (Å²) in [6.07, 6.45) is 3.25. The first kappa shape index (κ1) is 20.0.